The monoisotopic (exact) mass is 638 g/mol. The Morgan fingerprint density at radius 1 is 1.02 bits per heavy atom. The Morgan fingerprint density at radius 2 is 1.77 bits per heavy atom. The maximum Gasteiger partial charge on any atom is 0.247 e. The first-order valence-electron chi connectivity index (χ1n) is 16.1. The van der Waals surface area contributed by atoms with Crippen molar-refractivity contribution in [2.45, 2.75) is 63.1 Å². The Kier molecular flexibility index (Phi) is 7.93. The van der Waals surface area contributed by atoms with Crippen molar-refractivity contribution in [1.82, 2.24) is 25.2 Å². The number of nitrogens with one attached hydrogen (secondary N) is 2. The first-order valence-corrected chi connectivity index (χ1v) is 16.1. The zero-order chi connectivity index (χ0) is 32.8. The van der Waals surface area contributed by atoms with E-state index in [-0.39, 0.29) is 18.5 Å². The summed E-state index contributed by atoms with van der Waals surface area (Å²) in [5.41, 5.74) is 0.473. The summed E-state index contributed by atoms with van der Waals surface area (Å²) in [7, 11) is 0. The highest BCUT2D eigenvalue weighted by atomic mass is 16.5. The fraction of sp³-hybridized carbons (Fsp3) is 0.400. The van der Waals surface area contributed by atoms with E-state index in [1.165, 1.54) is 4.90 Å². The number of ether oxygens (including phenoxy) is 2. The van der Waals surface area contributed by atoms with Crippen LogP contribution in [0, 0.1) is 11.8 Å². The summed E-state index contributed by atoms with van der Waals surface area (Å²) < 4.78 is 14.0. The van der Waals surface area contributed by atoms with Gasteiger partial charge in [-0.2, -0.15) is 0 Å². The van der Waals surface area contributed by atoms with E-state index in [0.29, 0.717) is 48.4 Å². The van der Waals surface area contributed by atoms with Gasteiger partial charge in [-0.05, 0) is 68.1 Å². The Morgan fingerprint density at radius 3 is 2.49 bits per heavy atom. The van der Waals surface area contributed by atoms with Crippen molar-refractivity contribution < 1.29 is 29.0 Å². The van der Waals surface area contributed by atoms with E-state index >= 15 is 0 Å². The number of para-hydroxylation sites is 1. The zero-order valence-electron chi connectivity index (χ0n) is 26.3. The number of rotatable bonds is 11. The largest absolute Gasteiger partial charge is 0.494 e. The van der Waals surface area contributed by atoms with Gasteiger partial charge in [0.2, 0.25) is 17.7 Å². The van der Waals surface area contributed by atoms with Gasteiger partial charge < -0.3 is 30.1 Å². The number of nitrogens with zero attached hydrogens (tertiary/aromatic N) is 4. The quantitative estimate of drug-likeness (QED) is 0.226. The van der Waals surface area contributed by atoms with Gasteiger partial charge in [0.25, 0.3) is 0 Å². The molecule has 12 nitrogen and oxygen atoms in total. The topological polar surface area (TPSA) is 148 Å². The number of aliphatic hydroxyl groups excluding tert-OH is 1. The Bertz CT molecular complexity index is 1800. The number of hydrogen-bond donors (Lipinski definition) is 3. The van der Waals surface area contributed by atoms with Gasteiger partial charge in [-0.3, -0.25) is 14.4 Å². The molecule has 0 aliphatic carbocycles. The Balaban J connectivity index is 1.25. The number of hydrogen-bond acceptors (Lipinski definition) is 8. The SMILES string of the molecule is CCOc1ccc(NC(=O)[C@H]2[C@H]3C(=O)N([C@H](CO)c4ccccc4)C(C(=O)NCn4nnc5ccccc54)C34CC[C@]2(CC)O4)cc1. The molecule has 6 atom stereocenters. The van der Waals surface area contributed by atoms with Crippen molar-refractivity contribution >= 4 is 34.4 Å². The summed E-state index contributed by atoms with van der Waals surface area (Å²) in [6.07, 6.45) is 1.41. The van der Waals surface area contributed by atoms with Gasteiger partial charge in [0.1, 0.15) is 29.6 Å². The van der Waals surface area contributed by atoms with Gasteiger partial charge in [-0.1, -0.05) is 54.6 Å². The number of fused-ring (bicyclic) bond motifs is 2. The van der Waals surface area contributed by atoms with Crippen LogP contribution in [0.1, 0.15) is 44.7 Å². The predicted molar refractivity (Wildman–Crippen MR) is 172 cm³/mol. The van der Waals surface area contributed by atoms with E-state index < -0.39 is 47.6 Å². The van der Waals surface area contributed by atoms with Crippen molar-refractivity contribution in [3.63, 3.8) is 0 Å². The van der Waals surface area contributed by atoms with Crippen LogP contribution in [-0.2, 0) is 25.8 Å². The second kappa shape index (κ2) is 12.1. The Labute approximate surface area is 272 Å². The van der Waals surface area contributed by atoms with Crippen LogP contribution in [0.3, 0.4) is 0 Å². The molecule has 12 heteroatoms. The normalized spacial score (nSPS) is 26.7. The molecule has 2 unspecified atom stereocenters. The zero-order valence-corrected chi connectivity index (χ0v) is 26.3. The molecule has 1 spiro atoms. The second-order valence-electron chi connectivity index (χ2n) is 12.4. The molecule has 3 saturated heterocycles. The van der Waals surface area contributed by atoms with Crippen LogP contribution in [-0.4, -0.2) is 73.2 Å². The van der Waals surface area contributed by atoms with Gasteiger partial charge in [-0.15, -0.1) is 5.10 Å². The molecule has 7 rings (SSSR count). The second-order valence-corrected chi connectivity index (χ2v) is 12.4. The standard InChI is InChI=1S/C35H38N6O6/c1-3-34-18-19-35(47-34)29(28(34)31(43)37-23-14-16-24(17-15-23)46-4-2)33(45)41(27(20-42)22-10-6-5-7-11-22)30(35)32(44)36-21-40-26-13-9-8-12-25(26)38-39-40/h5-17,27-30,42H,3-4,18-21H2,1-2H3,(H,36,44)(H,37,43)/t27-,28-,29+,30?,34+,35?/m1/s1. The van der Waals surface area contributed by atoms with Crippen LogP contribution >= 0.6 is 0 Å². The number of amides is 3. The van der Waals surface area contributed by atoms with Gasteiger partial charge in [0.15, 0.2) is 0 Å². The molecule has 3 aliphatic rings. The first kappa shape index (κ1) is 30.8. The van der Waals surface area contributed by atoms with Gasteiger partial charge in [0, 0.05) is 5.69 Å². The van der Waals surface area contributed by atoms with E-state index in [0.717, 1.165) is 5.52 Å². The van der Waals surface area contributed by atoms with E-state index in [1.54, 1.807) is 28.9 Å². The van der Waals surface area contributed by atoms with Crippen molar-refractivity contribution in [3.8, 4) is 5.75 Å². The number of anilines is 1. The van der Waals surface area contributed by atoms with Crippen LogP contribution in [0.5, 0.6) is 5.75 Å². The van der Waals surface area contributed by atoms with Gasteiger partial charge in [0.05, 0.1) is 42.2 Å². The number of benzene rings is 3. The molecule has 3 aromatic carbocycles. The average Bonchev–Trinajstić information content (AvgIpc) is 3.83. The van der Waals surface area contributed by atoms with Gasteiger partial charge in [-0.25, -0.2) is 4.68 Å². The Hall–Kier alpha value is -4.81. The lowest BCUT2D eigenvalue weighted by Crippen LogP contribution is -2.56. The number of likely N-dealkylation sites (tertiary alicyclic amines) is 1. The summed E-state index contributed by atoms with van der Waals surface area (Å²) in [6.45, 7) is 3.96. The van der Waals surface area contributed by atoms with Crippen LogP contribution in [0.15, 0.2) is 78.9 Å². The molecule has 3 fully saturated rings. The molecule has 0 radical (unpaired) electrons. The van der Waals surface area contributed by atoms with Crippen molar-refractivity contribution in [2.24, 2.45) is 11.8 Å². The van der Waals surface area contributed by atoms with Crippen LogP contribution in [0.2, 0.25) is 0 Å². The van der Waals surface area contributed by atoms with E-state index in [9.17, 15) is 19.5 Å². The number of aromatic nitrogens is 3. The molecular weight excluding hydrogens is 600 g/mol. The van der Waals surface area contributed by atoms with Crippen molar-refractivity contribution in [3.05, 3.63) is 84.4 Å². The fourth-order valence-electron chi connectivity index (χ4n) is 8.02. The summed E-state index contributed by atoms with van der Waals surface area (Å²) in [6, 6.07) is 21.7. The highest BCUT2D eigenvalue weighted by Gasteiger charge is 2.79. The molecule has 47 heavy (non-hydrogen) atoms. The van der Waals surface area contributed by atoms with E-state index in [1.807, 2.05) is 68.4 Å². The smallest absolute Gasteiger partial charge is 0.247 e. The first-order chi connectivity index (χ1) is 22.9. The van der Waals surface area contributed by atoms with E-state index in [2.05, 4.69) is 20.9 Å². The lowest BCUT2D eigenvalue weighted by atomic mass is 9.65. The minimum Gasteiger partial charge on any atom is -0.494 e. The summed E-state index contributed by atoms with van der Waals surface area (Å²) >= 11 is 0. The summed E-state index contributed by atoms with van der Waals surface area (Å²) in [4.78, 5) is 44.8. The molecule has 4 aromatic rings. The van der Waals surface area contributed by atoms with Gasteiger partial charge >= 0.3 is 0 Å². The number of carbonyl (C=O) groups excluding carboxylic acids is 3. The number of aliphatic hydroxyl groups is 1. The lowest BCUT2D eigenvalue weighted by Gasteiger charge is -2.37. The average molecular weight is 639 g/mol. The molecule has 0 saturated carbocycles. The van der Waals surface area contributed by atoms with Crippen LogP contribution < -0.4 is 15.4 Å². The lowest BCUT2D eigenvalue weighted by molar-refractivity contribution is -0.150. The molecule has 1 aromatic heterocycles. The number of carbonyl (C=O) groups is 3. The molecule has 244 valence electrons. The molecule has 2 bridgehead atoms. The molecule has 3 aliphatic heterocycles. The summed E-state index contributed by atoms with van der Waals surface area (Å²) in [5, 5.41) is 25.1. The summed E-state index contributed by atoms with van der Waals surface area (Å²) in [5.74, 6) is -2.28. The van der Waals surface area contributed by atoms with E-state index in [4.69, 9.17) is 9.47 Å². The van der Waals surface area contributed by atoms with Crippen LogP contribution in [0.25, 0.3) is 11.0 Å². The van der Waals surface area contributed by atoms with Crippen molar-refractivity contribution in [2.75, 3.05) is 18.5 Å². The molecule has 3 N–H and O–H groups in total. The third-order valence-electron chi connectivity index (χ3n) is 10.1. The maximum atomic E-state index is 14.7. The third kappa shape index (κ3) is 4.94. The minimum absolute atomic E-state index is 0.00826. The highest BCUT2D eigenvalue weighted by molar-refractivity contribution is 6.02. The molecule has 3 amide bonds. The highest BCUT2D eigenvalue weighted by Crippen LogP contribution is 2.65. The molecule has 4 heterocycles. The van der Waals surface area contributed by atoms with Crippen LogP contribution in [0.4, 0.5) is 5.69 Å². The fourth-order valence-corrected chi connectivity index (χ4v) is 8.02. The third-order valence-corrected chi connectivity index (χ3v) is 10.1. The minimum atomic E-state index is -1.27. The predicted octanol–water partition coefficient (Wildman–Crippen LogP) is 3.43. The van der Waals surface area contributed by atoms with Crippen molar-refractivity contribution in [1.29, 1.82) is 0 Å². The molecular formula is C35H38N6O6. The maximum absolute atomic E-state index is 14.7.